The lowest BCUT2D eigenvalue weighted by atomic mass is 9.88. The first-order chi connectivity index (χ1) is 10.3. The molecule has 2 aliphatic rings. The number of hydrogen-bond acceptors (Lipinski definition) is 3. The maximum absolute atomic E-state index is 10.1. The molecule has 1 heterocycles. The van der Waals surface area contributed by atoms with E-state index >= 15 is 0 Å². The van der Waals surface area contributed by atoms with Crippen molar-refractivity contribution in [1.82, 2.24) is 4.90 Å². The van der Waals surface area contributed by atoms with Gasteiger partial charge in [-0.3, -0.25) is 0 Å². The van der Waals surface area contributed by atoms with E-state index in [1.165, 1.54) is 24.0 Å². The zero-order valence-corrected chi connectivity index (χ0v) is 15.1. The SMILES string of the molecule is I.NC(=NCc1c(O)ccc2c1CCCC2)N1CCOCC1. The summed E-state index contributed by atoms with van der Waals surface area (Å²) in [7, 11) is 0. The fourth-order valence-electron chi connectivity index (χ4n) is 3.12. The van der Waals surface area contributed by atoms with Crippen LogP contribution in [0.4, 0.5) is 0 Å². The molecule has 122 valence electrons. The second-order valence-corrected chi connectivity index (χ2v) is 5.68. The summed E-state index contributed by atoms with van der Waals surface area (Å²) in [5, 5.41) is 10.1. The summed E-state index contributed by atoms with van der Waals surface area (Å²) in [6, 6.07) is 3.84. The Morgan fingerprint density at radius 2 is 1.95 bits per heavy atom. The van der Waals surface area contributed by atoms with Crippen LogP contribution < -0.4 is 5.73 Å². The highest BCUT2D eigenvalue weighted by atomic mass is 127. The summed E-state index contributed by atoms with van der Waals surface area (Å²) in [5.41, 5.74) is 9.64. The Kier molecular flexibility index (Phi) is 6.31. The predicted octanol–water partition coefficient (Wildman–Crippen LogP) is 2.04. The summed E-state index contributed by atoms with van der Waals surface area (Å²) in [4.78, 5) is 6.53. The monoisotopic (exact) mass is 417 g/mol. The van der Waals surface area contributed by atoms with Crippen molar-refractivity contribution in [2.45, 2.75) is 32.2 Å². The van der Waals surface area contributed by atoms with Crippen molar-refractivity contribution >= 4 is 29.9 Å². The molecule has 0 spiro atoms. The van der Waals surface area contributed by atoms with Crippen LogP contribution in [0.5, 0.6) is 5.75 Å². The van der Waals surface area contributed by atoms with Crippen molar-refractivity contribution in [1.29, 1.82) is 0 Å². The molecule has 1 fully saturated rings. The Morgan fingerprint density at radius 1 is 1.23 bits per heavy atom. The van der Waals surface area contributed by atoms with Gasteiger partial charge in [0.25, 0.3) is 0 Å². The van der Waals surface area contributed by atoms with Gasteiger partial charge in [0.15, 0.2) is 5.96 Å². The van der Waals surface area contributed by atoms with Crippen LogP contribution in [0.25, 0.3) is 0 Å². The number of aliphatic imine (C=N–C) groups is 1. The largest absolute Gasteiger partial charge is 0.508 e. The number of rotatable bonds is 2. The molecule has 0 bridgehead atoms. The lowest BCUT2D eigenvalue weighted by molar-refractivity contribution is 0.0674. The Balaban J connectivity index is 0.00000176. The van der Waals surface area contributed by atoms with Crippen molar-refractivity contribution in [3.05, 3.63) is 28.8 Å². The van der Waals surface area contributed by atoms with Gasteiger partial charge in [-0.05, 0) is 42.9 Å². The lowest BCUT2D eigenvalue weighted by Crippen LogP contribution is -2.44. The van der Waals surface area contributed by atoms with Crippen LogP contribution in [-0.4, -0.2) is 42.3 Å². The molecule has 1 aromatic rings. The lowest BCUT2D eigenvalue weighted by Gasteiger charge is -2.27. The van der Waals surface area contributed by atoms with Crippen LogP contribution in [0.3, 0.4) is 0 Å². The highest BCUT2D eigenvalue weighted by molar-refractivity contribution is 14.0. The number of halogens is 1. The minimum atomic E-state index is 0. The van der Waals surface area contributed by atoms with Crippen LogP contribution in [0, 0.1) is 0 Å². The van der Waals surface area contributed by atoms with E-state index in [4.69, 9.17) is 10.5 Å². The van der Waals surface area contributed by atoms with Gasteiger partial charge in [-0.1, -0.05) is 6.07 Å². The van der Waals surface area contributed by atoms with E-state index in [0.717, 1.165) is 31.5 Å². The number of aryl methyl sites for hydroxylation is 1. The Morgan fingerprint density at radius 3 is 2.73 bits per heavy atom. The summed E-state index contributed by atoms with van der Waals surface area (Å²) in [6.07, 6.45) is 4.56. The number of benzene rings is 1. The van der Waals surface area contributed by atoms with Crippen molar-refractivity contribution in [2.75, 3.05) is 26.3 Å². The Bertz CT molecular complexity index is 542. The van der Waals surface area contributed by atoms with E-state index in [-0.39, 0.29) is 24.0 Å². The van der Waals surface area contributed by atoms with Crippen molar-refractivity contribution in [3.63, 3.8) is 0 Å². The molecule has 0 aromatic heterocycles. The van der Waals surface area contributed by atoms with Gasteiger partial charge in [0, 0.05) is 18.7 Å². The highest BCUT2D eigenvalue weighted by Gasteiger charge is 2.17. The van der Waals surface area contributed by atoms with Gasteiger partial charge in [0.05, 0.1) is 19.8 Å². The number of fused-ring (bicyclic) bond motifs is 1. The molecule has 1 aliphatic carbocycles. The number of ether oxygens (including phenoxy) is 1. The van der Waals surface area contributed by atoms with Gasteiger partial charge in [-0.2, -0.15) is 0 Å². The third-order valence-electron chi connectivity index (χ3n) is 4.36. The molecule has 5 nitrogen and oxygen atoms in total. The topological polar surface area (TPSA) is 71.1 Å². The van der Waals surface area contributed by atoms with Crippen LogP contribution in [0.1, 0.15) is 29.5 Å². The van der Waals surface area contributed by atoms with Gasteiger partial charge in [0.2, 0.25) is 0 Å². The number of nitrogens with zero attached hydrogens (tertiary/aromatic N) is 2. The van der Waals surface area contributed by atoms with Crippen LogP contribution in [-0.2, 0) is 24.1 Å². The van der Waals surface area contributed by atoms with Gasteiger partial charge in [0.1, 0.15) is 5.75 Å². The maximum atomic E-state index is 10.1. The van der Waals surface area contributed by atoms with Gasteiger partial charge in [-0.25, -0.2) is 4.99 Å². The molecule has 6 heteroatoms. The normalized spacial score (nSPS) is 18.5. The number of morpholine rings is 1. The predicted molar refractivity (Wildman–Crippen MR) is 97.9 cm³/mol. The standard InChI is InChI=1S/C16H23N3O2.HI/c17-16(19-7-9-21-10-8-19)18-11-14-13-4-2-1-3-12(13)5-6-15(14)20;/h5-6,20H,1-4,7-11H2,(H2,17,18);1H. The molecule has 0 unspecified atom stereocenters. The van der Waals surface area contributed by atoms with E-state index in [2.05, 4.69) is 4.99 Å². The van der Waals surface area contributed by atoms with Crippen LogP contribution >= 0.6 is 24.0 Å². The molecule has 3 N–H and O–H groups in total. The van der Waals surface area contributed by atoms with Crippen molar-refractivity contribution in [2.24, 2.45) is 10.7 Å². The van der Waals surface area contributed by atoms with E-state index in [9.17, 15) is 5.11 Å². The number of phenolic OH excluding ortho intramolecular Hbond substituents is 1. The second-order valence-electron chi connectivity index (χ2n) is 5.68. The quantitative estimate of drug-likeness (QED) is 0.439. The Labute approximate surface area is 148 Å². The van der Waals surface area contributed by atoms with E-state index in [1.54, 1.807) is 6.07 Å². The molecule has 1 aromatic carbocycles. The third-order valence-corrected chi connectivity index (χ3v) is 4.36. The first-order valence-electron chi connectivity index (χ1n) is 7.71. The second kappa shape index (κ2) is 8.01. The Hall–Kier alpha value is -1.02. The number of phenols is 1. The first-order valence-corrected chi connectivity index (χ1v) is 7.71. The minimum absolute atomic E-state index is 0. The highest BCUT2D eigenvalue weighted by Crippen LogP contribution is 2.31. The number of hydrogen-bond donors (Lipinski definition) is 2. The van der Waals surface area contributed by atoms with Gasteiger partial charge >= 0.3 is 0 Å². The summed E-state index contributed by atoms with van der Waals surface area (Å²) < 4.78 is 5.31. The van der Waals surface area contributed by atoms with Gasteiger partial charge in [-0.15, -0.1) is 24.0 Å². The van der Waals surface area contributed by atoms with Crippen molar-refractivity contribution in [3.8, 4) is 5.75 Å². The molecule has 1 aliphatic heterocycles. The fourth-order valence-corrected chi connectivity index (χ4v) is 3.12. The maximum Gasteiger partial charge on any atom is 0.191 e. The zero-order chi connectivity index (χ0) is 14.7. The molecular weight excluding hydrogens is 393 g/mol. The molecule has 0 radical (unpaired) electrons. The number of nitrogens with two attached hydrogens (primary N) is 1. The fraction of sp³-hybridized carbons (Fsp3) is 0.562. The first kappa shape index (κ1) is 17.3. The van der Waals surface area contributed by atoms with Crippen LogP contribution in [0.2, 0.25) is 0 Å². The molecule has 3 rings (SSSR count). The average Bonchev–Trinajstić information content (AvgIpc) is 2.54. The molecular formula is C16H24IN3O2. The molecule has 1 saturated heterocycles. The molecule has 0 atom stereocenters. The zero-order valence-electron chi connectivity index (χ0n) is 12.8. The summed E-state index contributed by atoms with van der Waals surface area (Å²) in [6.45, 7) is 3.42. The molecule has 0 saturated carbocycles. The number of guanidine groups is 1. The van der Waals surface area contributed by atoms with E-state index < -0.39 is 0 Å². The van der Waals surface area contributed by atoms with E-state index in [1.807, 2.05) is 11.0 Å². The van der Waals surface area contributed by atoms with Gasteiger partial charge < -0.3 is 20.5 Å². The summed E-state index contributed by atoms with van der Waals surface area (Å²) in [5.74, 6) is 0.889. The smallest absolute Gasteiger partial charge is 0.191 e. The van der Waals surface area contributed by atoms with Crippen molar-refractivity contribution < 1.29 is 9.84 Å². The number of aromatic hydroxyl groups is 1. The van der Waals surface area contributed by atoms with E-state index in [0.29, 0.717) is 31.5 Å². The third kappa shape index (κ3) is 3.84. The average molecular weight is 417 g/mol. The van der Waals surface area contributed by atoms with Crippen LogP contribution in [0.15, 0.2) is 17.1 Å². The summed E-state index contributed by atoms with van der Waals surface area (Å²) >= 11 is 0. The molecule has 22 heavy (non-hydrogen) atoms. The molecule has 0 amide bonds. The minimum Gasteiger partial charge on any atom is -0.508 e.